The average molecular weight is 376 g/mol. The van der Waals surface area contributed by atoms with E-state index in [9.17, 15) is 9.90 Å². The van der Waals surface area contributed by atoms with Crippen LogP contribution < -0.4 is 0 Å². The molecule has 1 unspecified atom stereocenters. The standard InChI is InChI=1S/C24H41NO2/c1-5-8-14-23(12-7-3)25(15-9-6-2)16-11-10-13-21-17-20(4)24(27)22(18-21)19-26/h17-19,23,27H,5-16H2,1-4H3. The number of aromatic hydroxyl groups is 1. The molecule has 3 nitrogen and oxygen atoms in total. The van der Waals surface area contributed by atoms with Crippen molar-refractivity contribution in [1.82, 2.24) is 4.90 Å². The molecule has 1 atom stereocenters. The maximum atomic E-state index is 11.1. The van der Waals surface area contributed by atoms with Crippen molar-refractivity contribution in [2.45, 2.75) is 97.9 Å². The van der Waals surface area contributed by atoms with Crippen molar-refractivity contribution in [2.75, 3.05) is 13.1 Å². The van der Waals surface area contributed by atoms with Crippen LogP contribution in [0.1, 0.15) is 100 Å². The van der Waals surface area contributed by atoms with Crippen LogP contribution in [0.25, 0.3) is 0 Å². The van der Waals surface area contributed by atoms with E-state index in [2.05, 4.69) is 25.7 Å². The second-order valence-electron chi connectivity index (χ2n) is 7.90. The number of aryl methyl sites for hydroxylation is 2. The van der Waals surface area contributed by atoms with Crippen molar-refractivity contribution in [1.29, 1.82) is 0 Å². The zero-order valence-corrected chi connectivity index (χ0v) is 18.1. The fraction of sp³-hybridized carbons (Fsp3) is 0.708. The summed E-state index contributed by atoms with van der Waals surface area (Å²) in [6.07, 6.45) is 13.1. The maximum Gasteiger partial charge on any atom is 0.153 e. The molecule has 0 bridgehead atoms. The molecular formula is C24H41NO2. The first-order chi connectivity index (χ1) is 13.1. The highest BCUT2D eigenvalue weighted by molar-refractivity contribution is 5.80. The molecule has 0 heterocycles. The van der Waals surface area contributed by atoms with E-state index in [0.29, 0.717) is 5.56 Å². The predicted molar refractivity (Wildman–Crippen MR) is 116 cm³/mol. The SMILES string of the molecule is CCCCC(CCC)N(CCCC)CCCCc1cc(C)c(O)c(C=O)c1. The Morgan fingerprint density at radius 2 is 1.67 bits per heavy atom. The van der Waals surface area contributed by atoms with Crippen LogP contribution in [-0.4, -0.2) is 35.4 Å². The number of benzene rings is 1. The molecule has 154 valence electrons. The number of phenolic OH excluding ortho intramolecular Hbond substituents is 1. The number of aldehydes is 1. The number of carbonyl (C=O) groups is 1. The van der Waals surface area contributed by atoms with Crippen LogP contribution in [0.15, 0.2) is 12.1 Å². The van der Waals surface area contributed by atoms with Crippen LogP contribution in [-0.2, 0) is 6.42 Å². The number of hydrogen-bond acceptors (Lipinski definition) is 3. The molecule has 0 spiro atoms. The molecular weight excluding hydrogens is 334 g/mol. The lowest BCUT2D eigenvalue weighted by Gasteiger charge is -2.32. The Morgan fingerprint density at radius 3 is 2.30 bits per heavy atom. The number of unbranched alkanes of at least 4 members (excludes halogenated alkanes) is 3. The van der Waals surface area contributed by atoms with Gasteiger partial charge in [0.25, 0.3) is 0 Å². The van der Waals surface area contributed by atoms with Gasteiger partial charge in [0.2, 0.25) is 0 Å². The second kappa shape index (κ2) is 13.8. The molecule has 1 N–H and O–H groups in total. The first-order valence-corrected chi connectivity index (χ1v) is 11.1. The first-order valence-electron chi connectivity index (χ1n) is 11.1. The highest BCUT2D eigenvalue weighted by Crippen LogP contribution is 2.23. The second-order valence-corrected chi connectivity index (χ2v) is 7.90. The van der Waals surface area contributed by atoms with Gasteiger partial charge in [-0.3, -0.25) is 4.79 Å². The van der Waals surface area contributed by atoms with E-state index < -0.39 is 0 Å². The summed E-state index contributed by atoms with van der Waals surface area (Å²) >= 11 is 0. The molecule has 0 radical (unpaired) electrons. The van der Waals surface area contributed by atoms with Gasteiger partial charge in [0.1, 0.15) is 5.75 Å². The van der Waals surface area contributed by atoms with Crippen LogP contribution in [0.5, 0.6) is 5.75 Å². The van der Waals surface area contributed by atoms with Gasteiger partial charge >= 0.3 is 0 Å². The van der Waals surface area contributed by atoms with E-state index in [1.54, 1.807) is 0 Å². The minimum Gasteiger partial charge on any atom is -0.507 e. The summed E-state index contributed by atoms with van der Waals surface area (Å²) in [5.41, 5.74) is 2.36. The van der Waals surface area contributed by atoms with Crippen molar-refractivity contribution in [3.8, 4) is 5.75 Å². The molecule has 1 aromatic rings. The average Bonchev–Trinajstić information content (AvgIpc) is 2.67. The lowest BCUT2D eigenvalue weighted by molar-refractivity contribution is 0.112. The molecule has 0 saturated carbocycles. The van der Waals surface area contributed by atoms with E-state index in [1.807, 2.05) is 19.1 Å². The Kier molecular flexibility index (Phi) is 12.1. The summed E-state index contributed by atoms with van der Waals surface area (Å²) in [6.45, 7) is 11.1. The topological polar surface area (TPSA) is 40.5 Å². The molecule has 27 heavy (non-hydrogen) atoms. The van der Waals surface area contributed by atoms with Gasteiger partial charge in [-0.1, -0.05) is 52.5 Å². The van der Waals surface area contributed by atoms with E-state index in [1.165, 1.54) is 64.5 Å². The normalized spacial score (nSPS) is 12.5. The fourth-order valence-corrected chi connectivity index (χ4v) is 3.88. The van der Waals surface area contributed by atoms with Gasteiger partial charge in [-0.05, 0) is 75.7 Å². The Balaban J connectivity index is 2.59. The molecule has 0 fully saturated rings. The van der Waals surface area contributed by atoms with Crippen molar-refractivity contribution in [3.63, 3.8) is 0 Å². The number of nitrogens with zero attached hydrogens (tertiary/aromatic N) is 1. The lowest BCUT2D eigenvalue weighted by atomic mass is 10.00. The van der Waals surface area contributed by atoms with E-state index in [-0.39, 0.29) is 5.75 Å². The number of phenols is 1. The van der Waals surface area contributed by atoms with Crippen molar-refractivity contribution >= 4 is 6.29 Å². The fourth-order valence-electron chi connectivity index (χ4n) is 3.88. The first kappa shape index (κ1) is 23.7. The minimum atomic E-state index is 0.123. The van der Waals surface area contributed by atoms with E-state index in [4.69, 9.17) is 0 Å². The lowest BCUT2D eigenvalue weighted by Crippen LogP contribution is -2.37. The predicted octanol–water partition coefficient (Wildman–Crippen LogP) is 6.30. The number of carbonyl (C=O) groups excluding carboxylic acids is 1. The molecule has 0 amide bonds. The highest BCUT2D eigenvalue weighted by atomic mass is 16.3. The van der Waals surface area contributed by atoms with Crippen LogP contribution in [0, 0.1) is 6.92 Å². The van der Waals surface area contributed by atoms with Crippen LogP contribution in [0.3, 0.4) is 0 Å². The van der Waals surface area contributed by atoms with Crippen LogP contribution >= 0.6 is 0 Å². The number of hydrogen-bond donors (Lipinski definition) is 1. The molecule has 0 aliphatic rings. The third-order valence-electron chi connectivity index (χ3n) is 5.51. The van der Waals surface area contributed by atoms with Gasteiger partial charge < -0.3 is 10.0 Å². The summed E-state index contributed by atoms with van der Waals surface area (Å²) in [4.78, 5) is 13.8. The van der Waals surface area contributed by atoms with Crippen LogP contribution in [0.2, 0.25) is 0 Å². The highest BCUT2D eigenvalue weighted by Gasteiger charge is 2.16. The van der Waals surface area contributed by atoms with E-state index in [0.717, 1.165) is 36.3 Å². The number of rotatable bonds is 15. The Labute approximate surface area is 167 Å². The Bertz CT molecular complexity index is 541. The zero-order chi connectivity index (χ0) is 20.1. The third-order valence-corrected chi connectivity index (χ3v) is 5.51. The molecule has 0 aliphatic carbocycles. The van der Waals surface area contributed by atoms with Gasteiger partial charge in [-0.2, -0.15) is 0 Å². The minimum absolute atomic E-state index is 0.123. The van der Waals surface area contributed by atoms with Crippen LogP contribution in [0.4, 0.5) is 0 Å². The van der Waals surface area contributed by atoms with Gasteiger partial charge in [0.05, 0.1) is 5.56 Å². The Morgan fingerprint density at radius 1 is 0.963 bits per heavy atom. The summed E-state index contributed by atoms with van der Waals surface area (Å²) in [6, 6.07) is 4.59. The van der Waals surface area contributed by atoms with Crippen molar-refractivity contribution < 1.29 is 9.90 Å². The third kappa shape index (κ3) is 8.47. The quantitative estimate of drug-likeness (QED) is 0.289. The Hall–Kier alpha value is -1.35. The molecule has 1 aromatic carbocycles. The zero-order valence-electron chi connectivity index (χ0n) is 18.1. The smallest absolute Gasteiger partial charge is 0.153 e. The van der Waals surface area contributed by atoms with Gasteiger partial charge in [0.15, 0.2) is 6.29 Å². The van der Waals surface area contributed by atoms with E-state index >= 15 is 0 Å². The van der Waals surface area contributed by atoms with Crippen molar-refractivity contribution in [3.05, 3.63) is 28.8 Å². The summed E-state index contributed by atoms with van der Waals surface area (Å²) < 4.78 is 0. The summed E-state index contributed by atoms with van der Waals surface area (Å²) in [7, 11) is 0. The van der Waals surface area contributed by atoms with Gasteiger partial charge in [-0.15, -0.1) is 0 Å². The molecule has 0 saturated heterocycles. The molecule has 0 aromatic heterocycles. The molecule has 1 rings (SSSR count). The van der Waals surface area contributed by atoms with Gasteiger partial charge in [0, 0.05) is 6.04 Å². The largest absolute Gasteiger partial charge is 0.507 e. The molecule has 0 aliphatic heterocycles. The summed E-state index contributed by atoms with van der Waals surface area (Å²) in [5.74, 6) is 0.123. The van der Waals surface area contributed by atoms with Gasteiger partial charge in [-0.25, -0.2) is 0 Å². The van der Waals surface area contributed by atoms with Crippen molar-refractivity contribution in [2.24, 2.45) is 0 Å². The maximum absolute atomic E-state index is 11.1. The summed E-state index contributed by atoms with van der Waals surface area (Å²) in [5, 5.41) is 9.89. The monoisotopic (exact) mass is 375 g/mol. The molecule has 3 heteroatoms.